The van der Waals surface area contributed by atoms with Gasteiger partial charge in [-0.25, -0.2) is 4.99 Å². The minimum Gasteiger partial charge on any atom is -0.497 e. The summed E-state index contributed by atoms with van der Waals surface area (Å²) in [5.74, 6) is 1.65. The van der Waals surface area contributed by atoms with E-state index in [-0.39, 0.29) is 12.5 Å². The Kier molecular flexibility index (Phi) is 7.57. The van der Waals surface area contributed by atoms with Gasteiger partial charge in [-0.15, -0.1) is 0 Å². The monoisotopic (exact) mass is 437 g/mol. The van der Waals surface area contributed by atoms with Crippen LogP contribution in [0.1, 0.15) is 18.9 Å². The summed E-state index contributed by atoms with van der Waals surface area (Å²) in [6, 6.07) is 14.6. The predicted octanol–water partition coefficient (Wildman–Crippen LogP) is 4.62. The second kappa shape index (κ2) is 10.5. The molecule has 1 saturated heterocycles. The van der Waals surface area contributed by atoms with E-state index in [0.717, 1.165) is 23.4 Å². The molecule has 0 aromatic heterocycles. The van der Waals surface area contributed by atoms with Crippen molar-refractivity contribution in [2.45, 2.75) is 13.3 Å². The molecule has 0 unspecified atom stereocenters. The van der Waals surface area contributed by atoms with Crippen LogP contribution in [0.2, 0.25) is 0 Å². The first-order valence-corrected chi connectivity index (χ1v) is 10.5. The van der Waals surface area contributed by atoms with Gasteiger partial charge >= 0.3 is 0 Å². The number of carbonyl (C=O) groups excluding carboxylic acids is 1. The van der Waals surface area contributed by atoms with Crippen LogP contribution in [0.3, 0.4) is 0 Å². The van der Waals surface area contributed by atoms with Crippen LogP contribution in [0.5, 0.6) is 17.2 Å². The van der Waals surface area contributed by atoms with E-state index in [1.807, 2.05) is 49.4 Å². The fourth-order valence-electron chi connectivity index (χ4n) is 2.93. The number of amidine groups is 1. The number of amides is 1. The first kappa shape index (κ1) is 22.2. The molecule has 160 valence electrons. The Balaban J connectivity index is 1.89. The molecule has 2 aromatic carbocycles. The van der Waals surface area contributed by atoms with Crippen LogP contribution in [0.15, 0.2) is 52.4 Å². The number of thioether (sulfide) groups is 1. The van der Waals surface area contributed by atoms with Crippen molar-refractivity contribution in [1.82, 2.24) is 4.90 Å². The minimum absolute atomic E-state index is 0.0672. The highest BCUT2D eigenvalue weighted by molar-refractivity contribution is 8.18. The summed E-state index contributed by atoms with van der Waals surface area (Å²) in [4.78, 5) is 20.0. The molecule has 0 atom stereocenters. The number of aliphatic imine (C=N–C) groups is 1. The van der Waals surface area contributed by atoms with Crippen molar-refractivity contribution in [1.29, 1.82) is 5.26 Å². The molecule has 3 rings (SSSR count). The average Bonchev–Trinajstić information content (AvgIpc) is 3.07. The van der Waals surface area contributed by atoms with Gasteiger partial charge in [-0.2, -0.15) is 5.26 Å². The lowest BCUT2D eigenvalue weighted by Crippen LogP contribution is -2.29. The van der Waals surface area contributed by atoms with E-state index in [0.29, 0.717) is 28.1 Å². The zero-order valence-corrected chi connectivity index (χ0v) is 18.4. The summed E-state index contributed by atoms with van der Waals surface area (Å²) in [5.41, 5.74) is 1.54. The maximum Gasteiger partial charge on any atom is 0.266 e. The number of hydrogen-bond donors (Lipinski definition) is 0. The molecule has 1 aliphatic heterocycles. The lowest BCUT2D eigenvalue weighted by Gasteiger charge is -2.14. The van der Waals surface area contributed by atoms with E-state index < -0.39 is 0 Å². The Labute approximate surface area is 185 Å². The Morgan fingerprint density at radius 3 is 2.55 bits per heavy atom. The molecule has 0 bridgehead atoms. The molecule has 8 heteroatoms. The number of ether oxygens (including phenoxy) is 3. The van der Waals surface area contributed by atoms with Gasteiger partial charge in [0.1, 0.15) is 11.8 Å². The number of benzene rings is 2. The average molecular weight is 438 g/mol. The first-order chi connectivity index (χ1) is 15.1. The third-order valence-electron chi connectivity index (χ3n) is 4.41. The summed E-state index contributed by atoms with van der Waals surface area (Å²) in [6.07, 6.45) is 2.63. The van der Waals surface area contributed by atoms with Crippen LogP contribution in [-0.4, -0.2) is 43.3 Å². The molecule has 7 nitrogen and oxygen atoms in total. The van der Waals surface area contributed by atoms with E-state index in [1.165, 1.54) is 18.9 Å². The van der Waals surface area contributed by atoms with E-state index in [2.05, 4.69) is 4.99 Å². The minimum atomic E-state index is -0.0807. The Morgan fingerprint density at radius 2 is 1.90 bits per heavy atom. The fourth-order valence-corrected chi connectivity index (χ4v) is 3.96. The quantitative estimate of drug-likeness (QED) is 0.560. The first-order valence-electron chi connectivity index (χ1n) is 9.71. The van der Waals surface area contributed by atoms with E-state index in [4.69, 9.17) is 19.5 Å². The molecular formula is C23H23N3O4S. The van der Waals surface area contributed by atoms with Gasteiger partial charge in [0.05, 0.1) is 24.8 Å². The lowest BCUT2D eigenvalue weighted by atomic mass is 10.2. The van der Waals surface area contributed by atoms with Crippen molar-refractivity contribution in [2.75, 3.05) is 27.4 Å². The van der Waals surface area contributed by atoms with E-state index in [9.17, 15) is 4.79 Å². The standard InChI is InChI=1S/C23H23N3O4S/c1-4-12-26-22(27)21(31-23(26)25-17-6-8-18(28-2)9-7-17)15-16-5-10-19(30-13-11-24)20(14-16)29-3/h5-10,14-15H,4,12-13H2,1-3H3/b21-15+,25-23?. The van der Waals surface area contributed by atoms with Crippen molar-refractivity contribution in [3.8, 4) is 23.3 Å². The van der Waals surface area contributed by atoms with Gasteiger partial charge in [0.15, 0.2) is 23.3 Å². The summed E-state index contributed by atoms with van der Waals surface area (Å²) in [7, 11) is 3.15. The normalized spacial score (nSPS) is 15.9. The lowest BCUT2D eigenvalue weighted by molar-refractivity contribution is -0.122. The molecular weight excluding hydrogens is 414 g/mol. The highest BCUT2D eigenvalue weighted by atomic mass is 32.2. The van der Waals surface area contributed by atoms with Gasteiger partial charge in [-0.3, -0.25) is 9.69 Å². The Hall–Kier alpha value is -3.44. The van der Waals surface area contributed by atoms with Crippen LogP contribution >= 0.6 is 11.8 Å². The van der Waals surface area contributed by atoms with E-state index in [1.54, 1.807) is 24.1 Å². The molecule has 0 spiro atoms. The summed E-state index contributed by atoms with van der Waals surface area (Å²) in [5, 5.41) is 9.35. The third-order valence-corrected chi connectivity index (χ3v) is 5.42. The Morgan fingerprint density at radius 1 is 1.13 bits per heavy atom. The Bertz CT molecular complexity index is 1040. The number of carbonyl (C=O) groups is 1. The number of rotatable bonds is 8. The number of nitriles is 1. The molecule has 1 fully saturated rings. The molecule has 31 heavy (non-hydrogen) atoms. The van der Waals surface area contributed by atoms with Gasteiger partial charge < -0.3 is 14.2 Å². The maximum atomic E-state index is 13.0. The predicted molar refractivity (Wildman–Crippen MR) is 122 cm³/mol. The smallest absolute Gasteiger partial charge is 0.266 e. The molecule has 2 aromatic rings. The molecule has 0 aliphatic carbocycles. The van der Waals surface area contributed by atoms with Crippen LogP contribution < -0.4 is 14.2 Å². The second-order valence-electron chi connectivity index (χ2n) is 6.52. The van der Waals surface area contributed by atoms with Gasteiger partial charge in [-0.05, 0) is 66.2 Å². The van der Waals surface area contributed by atoms with Crippen molar-refractivity contribution in [3.05, 3.63) is 52.9 Å². The van der Waals surface area contributed by atoms with Crippen molar-refractivity contribution < 1.29 is 19.0 Å². The zero-order chi connectivity index (χ0) is 22.2. The van der Waals surface area contributed by atoms with Gasteiger partial charge in [-0.1, -0.05) is 13.0 Å². The van der Waals surface area contributed by atoms with Crippen LogP contribution in [0.4, 0.5) is 5.69 Å². The number of hydrogen-bond acceptors (Lipinski definition) is 7. The topological polar surface area (TPSA) is 84.2 Å². The molecule has 0 saturated carbocycles. The van der Waals surface area contributed by atoms with Crippen LogP contribution in [-0.2, 0) is 4.79 Å². The van der Waals surface area contributed by atoms with Crippen LogP contribution in [0.25, 0.3) is 6.08 Å². The summed E-state index contributed by atoms with van der Waals surface area (Å²) in [6.45, 7) is 2.54. The van der Waals surface area contributed by atoms with Crippen molar-refractivity contribution in [3.63, 3.8) is 0 Å². The largest absolute Gasteiger partial charge is 0.497 e. The number of nitrogens with zero attached hydrogens (tertiary/aromatic N) is 3. The molecule has 0 radical (unpaired) electrons. The molecule has 1 aliphatic rings. The maximum absolute atomic E-state index is 13.0. The molecule has 1 amide bonds. The SMILES string of the molecule is CCCN1C(=O)/C(=C\c2ccc(OCC#N)c(OC)c2)SC1=Nc1ccc(OC)cc1. The summed E-state index contributed by atoms with van der Waals surface area (Å²) < 4.78 is 15.9. The third kappa shape index (κ3) is 5.38. The highest BCUT2D eigenvalue weighted by Gasteiger charge is 2.32. The molecule has 1 heterocycles. The number of methoxy groups -OCH3 is 2. The fraction of sp³-hybridized carbons (Fsp3) is 0.261. The van der Waals surface area contributed by atoms with Gasteiger partial charge in [0.25, 0.3) is 5.91 Å². The summed E-state index contributed by atoms with van der Waals surface area (Å²) >= 11 is 1.34. The van der Waals surface area contributed by atoms with Gasteiger partial charge in [0, 0.05) is 6.54 Å². The second-order valence-corrected chi connectivity index (χ2v) is 7.53. The highest BCUT2D eigenvalue weighted by Crippen LogP contribution is 2.36. The zero-order valence-electron chi connectivity index (χ0n) is 17.6. The van der Waals surface area contributed by atoms with Crippen molar-refractivity contribution >= 4 is 34.6 Å². The van der Waals surface area contributed by atoms with E-state index >= 15 is 0 Å². The van der Waals surface area contributed by atoms with Crippen molar-refractivity contribution in [2.24, 2.45) is 4.99 Å². The molecule has 0 N–H and O–H groups in total. The van der Waals surface area contributed by atoms with Gasteiger partial charge in [0.2, 0.25) is 0 Å². The van der Waals surface area contributed by atoms with Crippen LogP contribution in [0, 0.1) is 11.3 Å².